The third kappa shape index (κ3) is 3.99. The molecule has 0 saturated carbocycles. The molecule has 0 atom stereocenters. The van der Waals surface area contributed by atoms with E-state index in [1.807, 2.05) is 13.0 Å². The number of carbonyl (C=O) groups is 1. The number of amides is 1. The maximum atomic E-state index is 12.9. The number of hydrogen-bond acceptors (Lipinski definition) is 3. The SMILES string of the molecule is Cc1ccsc1C=C(C#N)C(=O)Nc1ccccc1C(F)(F)F. The Kier molecular flexibility index (Phi) is 4.86. The molecule has 0 saturated heterocycles. The second-order valence-corrected chi connectivity index (χ2v) is 5.58. The molecule has 7 heteroatoms. The fourth-order valence-electron chi connectivity index (χ4n) is 1.84. The van der Waals surface area contributed by atoms with Crippen molar-refractivity contribution >= 4 is 29.0 Å². The number of aryl methyl sites for hydroxylation is 1. The van der Waals surface area contributed by atoms with Gasteiger partial charge in [-0.15, -0.1) is 11.3 Å². The van der Waals surface area contributed by atoms with Crippen LogP contribution in [0.4, 0.5) is 18.9 Å². The zero-order valence-corrected chi connectivity index (χ0v) is 12.8. The van der Waals surface area contributed by atoms with Gasteiger partial charge in [0.1, 0.15) is 11.6 Å². The van der Waals surface area contributed by atoms with Crippen molar-refractivity contribution in [2.45, 2.75) is 13.1 Å². The molecule has 1 aromatic carbocycles. The molecule has 0 spiro atoms. The summed E-state index contributed by atoms with van der Waals surface area (Å²) >= 11 is 1.34. The van der Waals surface area contributed by atoms with Crippen molar-refractivity contribution in [2.75, 3.05) is 5.32 Å². The molecule has 3 nitrogen and oxygen atoms in total. The predicted octanol–water partition coefficient (Wildman–Crippen LogP) is 4.62. The van der Waals surface area contributed by atoms with Crippen LogP contribution in [0.2, 0.25) is 0 Å². The van der Waals surface area contributed by atoms with Gasteiger partial charge in [-0.3, -0.25) is 4.79 Å². The molecule has 0 aliphatic carbocycles. The summed E-state index contributed by atoms with van der Waals surface area (Å²) in [5.41, 5.74) is -0.717. The molecule has 1 amide bonds. The van der Waals surface area contributed by atoms with Gasteiger partial charge in [-0.05, 0) is 42.1 Å². The van der Waals surface area contributed by atoms with Crippen molar-refractivity contribution in [1.82, 2.24) is 0 Å². The first-order chi connectivity index (χ1) is 10.8. The van der Waals surface area contributed by atoms with Gasteiger partial charge in [-0.25, -0.2) is 0 Å². The van der Waals surface area contributed by atoms with Crippen LogP contribution in [0.25, 0.3) is 6.08 Å². The number of alkyl halides is 3. The number of benzene rings is 1. The van der Waals surface area contributed by atoms with Crippen LogP contribution < -0.4 is 5.32 Å². The van der Waals surface area contributed by atoms with Gasteiger partial charge in [0, 0.05) is 4.88 Å². The van der Waals surface area contributed by atoms with Gasteiger partial charge in [-0.1, -0.05) is 12.1 Å². The van der Waals surface area contributed by atoms with E-state index < -0.39 is 17.6 Å². The fraction of sp³-hybridized carbons (Fsp3) is 0.125. The maximum absolute atomic E-state index is 12.9. The number of thiophene rings is 1. The number of hydrogen-bond donors (Lipinski definition) is 1. The lowest BCUT2D eigenvalue weighted by molar-refractivity contribution is -0.136. The molecule has 2 rings (SSSR count). The van der Waals surface area contributed by atoms with Gasteiger partial charge in [0.05, 0.1) is 11.3 Å². The Balaban J connectivity index is 2.31. The van der Waals surface area contributed by atoms with Crippen LogP contribution in [0.15, 0.2) is 41.3 Å². The number of rotatable bonds is 3. The Labute approximate surface area is 134 Å². The van der Waals surface area contributed by atoms with Gasteiger partial charge in [0.15, 0.2) is 0 Å². The first-order valence-electron chi connectivity index (χ1n) is 6.46. The molecule has 0 unspecified atom stereocenters. The van der Waals surface area contributed by atoms with Crippen molar-refractivity contribution in [3.8, 4) is 6.07 Å². The van der Waals surface area contributed by atoms with E-state index in [0.29, 0.717) is 4.88 Å². The summed E-state index contributed by atoms with van der Waals surface area (Å²) in [6.07, 6.45) is -3.23. The van der Waals surface area contributed by atoms with Crippen molar-refractivity contribution in [3.05, 3.63) is 57.3 Å². The molecule has 0 bridgehead atoms. The molecule has 23 heavy (non-hydrogen) atoms. The van der Waals surface area contributed by atoms with Crippen molar-refractivity contribution in [2.24, 2.45) is 0 Å². The topological polar surface area (TPSA) is 52.9 Å². The molecule has 1 heterocycles. The Morgan fingerprint density at radius 2 is 2.00 bits per heavy atom. The third-order valence-electron chi connectivity index (χ3n) is 3.02. The molecule has 0 aliphatic rings. The van der Waals surface area contributed by atoms with Crippen molar-refractivity contribution < 1.29 is 18.0 Å². The van der Waals surface area contributed by atoms with Gasteiger partial charge in [-0.2, -0.15) is 18.4 Å². The molecular weight excluding hydrogens is 325 g/mol. The smallest absolute Gasteiger partial charge is 0.321 e. The molecule has 118 valence electrons. The highest BCUT2D eigenvalue weighted by Gasteiger charge is 2.33. The Morgan fingerprint density at radius 1 is 1.30 bits per heavy atom. The summed E-state index contributed by atoms with van der Waals surface area (Å²) in [6, 6.07) is 8.17. The van der Waals surface area contributed by atoms with Gasteiger partial charge in [0.25, 0.3) is 5.91 Å². The zero-order chi connectivity index (χ0) is 17.0. The minimum absolute atomic E-state index is 0.257. The summed E-state index contributed by atoms with van der Waals surface area (Å²) in [4.78, 5) is 12.8. The third-order valence-corrected chi connectivity index (χ3v) is 3.99. The summed E-state index contributed by atoms with van der Waals surface area (Å²) in [6.45, 7) is 1.81. The van der Waals surface area contributed by atoms with Gasteiger partial charge < -0.3 is 5.32 Å². The minimum Gasteiger partial charge on any atom is -0.321 e. The van der Waals surface area contributed by atoms with Crippen LogP contribution in [-0.2, 0) is 11.0 Å². The minimum atomic E-state index is -4.59. The number of halogens is 3. The maximum Gasteiger partial charge on any atom is 0.418 e. The molecule has 0 fully saturated rings. The standard InChI is InChI=1S/C16H11F3N2OS/c1-10-6-7-23-14(10)8-11(9-20)15(22)21-13-5-3-2-4-12(13)16(17,18)19/h2-8H,1H3,(H,21,22). The Hall–Kier alpha value is -2.59. The number of carbonyl (C=O) groups excluding carboxylic acids is 1. The number of nitrogens with zero attached hydrogens (tertiary/aromatic N) is 1. The first-order valence-corrected chi connectivity index (χ1v) is 7.34. The van der Waals surface area contributed by atoms with Crippen LogP contribution in [-0.4, -0.2) is 5.91 Å². The lowest BCUT2D eigenvalue weighted by atomic mass is 10.1. The summed E-state index contributed by atoms with van der Waals surface area (Å²) in [5, 5.41) is 13.1. The highest BCUT2D eigenvalue weighted by atomic mass is 32.1. The zero-order valence-electron chi connectivity index (χ0n) is 11.9. The molecule has 1 aromatic heterocycles. The van der Waals surface area contributed by atoms with E-state index in [-0.39, 0.29) is 11.3 Å². The monoisotopic (exact) mass is 336 g/mol. The molecule has 0 aliphatic heterocycles. The second kappa shape index (κ2) is 6.67. The lowest BCUT2D eigenvalue weighted by Crippen LogP contribution is -2.17. The van der Waals surface area contributed by atoms with Crippen LogP contribution in [0.5, 0.6) is 0 Å². The number of para-hydroxylation sites is 1. The number of nitrogens with one attached hydrogen (secondary N) is 1. The van der Waals surface area contributed by atoms with Crippen molar-refractivity contribution in [3.63, 3.8) is 0 Å². The van der Waals surface area contributed by atoms with Gasteiger partial charge in [0.2, 0.25) is 0 Å². The summed E-state index contributed by atoms with van der Waals surface area (Å²) in [7, 11) is 0. The number of nitriles is 1. The van der Waals surface area contributed by atoms with E-state index in [9.17, 15) is 18.0 Å². The second-order valence-electron chi connectivity index (χ2n) is 4.64. The van der Waals surface area contributed by atoms with E-state index in [2.05, 4.69) is 5.32 Å². The van der Waals surface area contributed by atoms with Gasteiger partial charge >= 0.3 is 6.18 Å². The summed E-state index contributed by atoms with van der Waals surface area (Å²) in [5.74, 6) is -0.878. The van der Waals surface area contributed by atoms with Crippen LogP contribution in [0.3, 0.4) is 0 Å². The lowest BCUT2D eigenvalue weighted by Gasteiger charge is -2.13. The highest BCUT2D eigenvalue weighted by Crippen LogP contribution is 2.34. The van der Waals surface area contributed by atoms with E-state index in [1.54, 1.807) is 11.4 Å². The molecule has 1 N–H and O–H groups in total. The Bertz CT molecular complexity index is 800. The van der Waals surface area contributed by atoms with Crippen LogP contribution in [0.1, 0.15) is 16.0 Å². The molecular formula is C16H11F3N2OS. The fourth-order valence-corrected chi connectivity index (χ4v) is 2.70. The van der Waals surface area contributed by atoms with Crippen LogP contribution in [0, 0.1) is 18.3 Å². The molecule has 0 radical (unpaired) electrons. The quantitative estimate of drug-likeness (QED) is 0.657. The van der Waals surface area contributed by atoms with E-state index >= 15 is 0 Å². The largest absolute Gasteiger partial charge is 0.418 e. The van der Waals surface area contributed by atoms with Crippen LogP contribution >= 0.6 is 11.3 Å². The Morgan fingerprint density at radius 3 is 2.57 bits per heavy atom. The normalized spacial score (nSPS) is 11.9. The van der Waals surface area contributed by atoms with Crippen molar-refractivity contribution in [1.29, 1.82) is 5.26 Å². The predicted molar refractivity (Wildman–Crippen MR) is 82.7 cm³/mol. The highest BCUT2D eigenvalue weighted by molar-refractivity contribution is 7.11. The number of anilines is 1. The average molecular weight is 336 g/mol. The molecule has 2 aromatic rings. The van der Waals surface area contributed by atoms with E-state index in [0.717, 1.165) is 17.7 Å². The first kappa shape index (κ1) is 16.8. The van der Waals surface area contributed by atoms with E-state index in [1.165, 1.54) is 29.5 Å². The summed E-state index contributed by atoms with van der Waals surface area (Å²) < 4.78 is 38.7. The average Bonchev–Trinajstić information content (AvgIpc) is 2.89. The van der Waals surface area contributed by atoms with E-state index in [4.69, 9.17) is 5.26 Å².